The monoisotopic (exact) mass is 313 g/mol. The van der Waals surface area contributed by atoms with Crippen LogP contribution in [0.4, 0.5) is 0 Å². The van der Waals surface area contributed by atoms with Crippen LogP contribution < -0.4 is 0 Å². The normalized spacial score (nSPS) is 10.0. The molecule has 1 aromatic carbocycles. The highest BCUT2D eigenvalue weighted by atomic mass is 127. The first-order valence-corrected chi connectivity index (χ1v) is 5.73. The first kappa shape index (κ1) is 9.62. The second kappa shape index (κ2) is 3.67. The van der Waals surface area contributed by atoms with Crippen molar-refractivity contribution in [2.45, 2.75) is 0 Å². The van der Waals surface area contributed by atoms with E-state index in [9.17, 15) is 4.79 Å². The summed E-state index contributed by atoms with van der Waals surface area (Å²) in [5, 5.41) is 9.83. The number of nitriles is 1. The van der Waals surface area contributed by atoms with E-state index in [0.717, 1.165) is 19.9 Å². The van der Waals surface area contributed by atoms with Crippen LogP contribution >= 0.6 is 33.9 Å². The van der Waals surface area contributed by atoms with E-state index >= 15 is 0 Å². The maximum absolute atomic E-state index is 10.6. The van der Waals surface area contributed by atoms with Crippen molar-refractivity contribution in [2.75, 3.05) is 0 Å². The predicted molar refractivity (Wildman–Crippen MR) is 64.6 cm³/mol. The molecular formula is C10H4INOS. The molecule has 14 heavy (non-hydrogen) atoms. The molecule has 0 saturated carbocycles. The summed E-state index contributed by atoms with van der Waals surface area (Å²) < 4.78 is 1.99. The minimum atomic E-state index is 0.651. The average Bonchev–Trinajstić information content (AvgIpc) is 2.55. The number of hydrogen-bond acceptors (Lipinski definition) is 3. The molecule has 68 valence electrons. The molecule has 0 spiro atoms. The topological polar surface area (TPSA) is 40.9 Å². The van der Waals surface area contributed by atoms with Crippen molar-refractivity contribution in [1.82, 2.24) is 0 Å². The van der Waals surface area contributed by atoms with Crippen LogP contribution in [-0.2, 0) is 0 Å². The Morgan fingerprint density at radius 1 is 1.50 bits per heavy atom. The maximum Gasteiger partial charge on any atom is 0.150 e. The number of thiophene rings is 1. The second-order valence-corrected chi connectivity index (χ2v) is 4.86. The van der Waals surface area contributed by atoms with Crippen LogP contribution in [0.2, 0.25) is 0 Å². The third kappa shape index (κ3) is 1.42. The molecular weight excluding hydrogens is 309 g/mol. The lowest BCUT2D eigenvalue weighted by atomic mass is 10.2. The SMILES string of the molecule is N#Cc1sc2ccc(C=O)cc2c1I. The summed E-state index contributed by atoms with van der Waals surface area (Å²) in [6, 6.07) is 7.61. The second-order valence-electron chi connectivity index (χ2n) is 2.73. The number of benzene rings is 1. The van der Waals surface area contributed by atoms with Crippen molar-refractivity contribution < 1.29 is 4.79 Å². The average molecular weight is 313 g/mol. The van der Waals surface area contributed by atoms with Crippen LogP contribution in [0.3, 0.4) is 0 Å². The molecule has 0 fully saturated rings. The summed E-state index contributed by atoms with van der Waals surface area (Å²) in [5.41, 5.74) is 0.651. The Kier molecular flexibility index (Phi) is 2.52. The van der Waals surface area contributed by atoms with Crippen molar-refractivity contribution in [2.24, 2.45) is 0 Å². The lowest BCUT2D eigenvalue weighted by Crippen LogP contribution is -1.78. The molecule has 2 aromatic rings. The fraction of sp³-hybridized carbons (Fsp3) is 0. The van der Waals surface area contributed by atoms with Crippen molar-refractivity contribution in [3.05, 3.63) is 32.2 Å². The summed E-state index contributed by atoms with van der Waals surface area (Å²) in [4.78, 5) is 11.3. The first-order chi connectivity index (χ1) is 6.76. The van der Waals surface area contributed by atoms with Gasteiger partial charge in [0.05, 0.1) is 0 Å². The summed E-state index contributed by atoms with van der Waals surface area (Å²) in [7, 11) is 0. The van der Waals surface area contributed by atoms with Crippen molar-refractivity contribution in [1.29, 1.82) is 5.26 Å². The molecule has 0 aliphatic rings. The summed E-state index contributed by atoms with van der Waals surface area (Å²) in [6.07, 6.45) is 0.819. The first-order valence-electron chi connectivity index (χ1n) is 3.83. The molecule has 0 saturated heterocycles. The largest absolute Gasteiger partial charge is 0.298 e. The van der Waals surface area contributed by atoms with E-state index in [2.05, 4.69) is 28.7 Å². The van der Waals surface area contributed by atoms with E-state index in [-0.39, 0.29) is 0 Å². The molecule has 0 aliphatic carbocycles. The van der Waals surface area contributed by atoms with Gasteiger partial charge >= 0.3 is 0 Å². The molecule has 2 nitrogen and oxygen atoms in total. The Labute approximate surface area is 98.3 Å². The van der Waals surface area contributed by atoms with Crippen LogP contribution in [0.5, 0.6) is 0 Å². The summed E-state index contributed by atoms with van der Waals surface area (Å²) in [5.74, 6) is 0. The molecule has 0 radical (unpaired) electrons. The van der Waals surface area contributed by atoms with Gasteiger partial charge in [-0.05, 0) is 34.7 Å². The van der Waals surface area contributed by atoms with E-state index < -0.39 is 0 Å². The highest BCUT2D eigenvalue weighted by molar-refractivity contribution is 14.1. The van der Waals surface area contributed by atoms with Crippen LogP contribution in [0, 0.1) is 14.9 Å². The van der Waals surface area contributed by atoms with Gasteiger partial charge in [-0.2, -0.15) is 5.26 Å². The molecule has 1 heterocycles. The van der Waals surface area contributed by atoms with Gasteiger partial charge in [0.1, 0.15) is 17.2 Å². The van der Waals surface area contributed by atoms with Gasteiger partial charge in [-0.15, -0.1) is 11.3 Å². The highest BCUT2D eigenvalue weighted by Gasteiger charge is 2.09. The van der Waals surface area contributed by atoms with E-state index in [0.29, 0.717) is 10.4 Å². The minimum absolute atomic E-state index is 0.651. The van der Waals surface area contributed by atoms with Gasteiger partial charge < -0.3 is 0 Å². The fourth-order valence-electron chi connectivity index (χ4n) is 1.23. The molecule has 0 unspecified atom stereocenters. The summed E-state index contributed by atoms with van der Waals surface area (Å²) in [6.45, 7) is 0. The zero-order valence-electron chi connectivity index (χ0n) is 6.95. The molecule has 0 N–H and O–H groups in total. The van der Waals surface area contributed by atoms with Gasteiger partial charge in [-0.1, -0.05) is 6.07 Å². The number of aldehydes is 1. The quantitative estimate of drug-likeness (QED) is 0.599. The van der Waals surface area contributed by atoms with E-state index in [1.807, 2.05) is 12.1 Å². The molecule has 0 aliphatic heterocycles. The lowest BCUT2D eigenvalue weighted by Gasteiger charge is -1.91. The van der Waals surface area contributed by atoms with E-state index in [1.54, 1.807) is 6.07 Å². The fourth-order valence-corrected chi connectivity index (χ4v) is 3.18. The third-order valence-electron chi connectivity index (χ3n) is 1.89. The van der Waals surface area contributed by atoms with Gasteiger partial charge in [-0.25, -0.2) is 0 Å². The zero-order chi connectivity index (χ0) is 10.1. The van der Waals surface area contributed by atoms with Gasteiger partial charge in [0.25, 0.3) is 0 Å². The smallest absolute Gasteiger partial charge is 0.150 e. The van der Waals surface area contributed by atoms with E-state index in [1.165, 1.54) is 11.3 Å². The Hall–Kier alpha value is -0.930. The number of carbonyl (C=O) groups excluding carboxylic acids is 1. The van der Waals surface area contributed by atoms with Crippen LogP contribution in [0.1, 0.15) is 15.2 Å². The standard InChI is InChI=1S/C10H4INOS/c11-10-7-3-6(5-13)1-2-8(7)14-9(10)4-12/h1-3,5H. The maximum atomic E-state index is 10.6. The number of hydrogen-bond donors (Lipinski definition) is 0. The number of halogens is 1. The van der Waals surface area contributed by atoms with Crippen LogP contribution in [-0.4, -0.2) is 6.29 Å². The minimum Gasteiger partial charge on any atom is -0.298 e. The Morgan fingerprint density at radius 2 is 2.29 bits per heavy atom. The number of nitrogens with zero attached hydrogens (tertiary/aromatic N) is 1. The van der Waals surface area contributed by atoms with Crippen LogP contribution in [0.25, 0.3) is 10.1 Å². The van der Waals surface area contributed by atoms with Gasteiger partial charge in [0.2, 0.25) is 0 Å². The zero-order valence-corrected chi connectivity index (χ0v) is 9.93. The molecule has 2 rings (SSSR count). The lowest BCUT2D eigenvalue weighted by molar-refractivity contribution is 0.112. The van der Waals surface area contributed by atoms with Gasteiger partial charge in [0.15, 0.2) is 0 Å². The van der Waals surface area contributed by atoms with Crippen molar-refractivity contribution in [3.63, 3.8) is 0 Å². The van der Waals surface area contributed by atoms with Gasteiger partial charge in [-0.3, -0.25) is 4.79 Å². The molecule has 4 heteroatoms. The highest BCUT2D eigenvalue weighted by Crippen LogP contribution is 2.32. The summed E-state index contributed by atoms with van der Waals surface area (Å²) >= 11 is 3.60. The molecule has 0 amide bonds. The van der Waals surface area contributed by atoms with Crippen molar-refractivity contribution in [3.8, 4) is 6.07 Å². The molecule has 0 atom stereocenters. The number of carbonyl (C=O) groups is 1. The molecule has 0 bridgehead atoms. The van der Waals surface area contributed by atoms with Crippen LogP contribution in [0.15, 0.2) is 18.2 Å². The van der Waals surface area contributed by atoms with E-state index in [4.69, 9.17) is 5.26 Å². The Morgan fingerprint density at radius 3 is 2.93 bits per heavy atom. The Bertz CT molecular complexity index is 553. The third-order valence-corrected chi connectivity index (χ3v) is 4.45. The molecule has 1 aromatic heterocycles. The van der Waals surface area contributed by atoms with Gasteiger partial charge in [0, 0.05) is 19.2 Å². The Balaban J connectivity index is 2.82. The predicted octanol–water partition coefficient (Wildman–Crippen LogP) is 3.19. The van der Waals surface area contributed by atoms with Crippen molar-refractivity contribution >= 4 is 50.3 Å². The number of fused-ring (bicyclic) bond motifs is 1. The number of rotatable bonds is 1.